The van der Waals surface area contributed by atoms with E-state index in [0.717, 1.165) is 33.9 Å². The summed E-state index contributed by atoms with van der Waals surface area (Å²) in [5.41, 5.74) is 0.786. The quantitative estimate of drug-likeness (QED) is 0.589. The number of hydrogen-bond acceptors (Lipinski definition) is 5. The van der Waals surface area contributed by atoms with Crippen molar-refractivity contribution in [2.75, 3.05) is 27.2 Å². The van der Waals surface area contributed by atoms with E-state index in [1.807, 2.05) is 18.3 Å². The Morgan fingerprint density at radius 2 is 1.79 bits per heavy atom. The molecular formula is C27H38F2N6O4. The van der Waals surface area contributed by atoms with Gasteiger partial charge in [-0.05, 0) is 69.9 Å². The minimum absolute atomic E-state index is 0.180. The van der Waals surface area contributed by atoms with Crippen molar-refractivity contribution in [2.24, 2.45) is 11.8 Å². The molecule has 0 bridgehead atoms. The lowest BCUT2D eigenvalue weighted by Gasteiger charge is -2.46. The lowest BCUT2D eigenvalue weighted by molar-refractivity contribution is -0.151. The third-order valence-corrected chi connectivity index (χ3v) is 8.06. The molecule has 39 heavy (non-hydrogen) atoms. The smallest absolute Gasteiger partial charge is 0.408 e. The Morgan fingerprint density at radius 1 is 1.13 bits per heavy atom. The molecule has 214 valence electrons. The van der Waals surface area contributed by atoms with E-state index in [9.17, 15) is 28.3 Å². The summed E-state index contributed by atoms with van der Waals surface area (Å²) in [6, 6.07) is 2.50. The monoisotopic (exact) mass is 548 g/mol. The van der Waals surface area contributed by atoms with Crippen LogP contribution in [0.3, 0.4) is 0 Å². The number of rotatable bonds is 6. The van der Waals surface area contributed by atoms with Crippen LogP contribution in [0.5, 0.6) is 0 Å². The van der Waals surface area contributed by atoms with Gasteiger partial charge in [-0.1, -0.05) is 6.07 Å². The molecule has 0 spiro atoms. The van der Waals surface area contributed by atoms with E-state index in [2.05, 4.69) is 10.1 Å². The topological polar surface area (TPSA) is 111 Å². The maximum Gasteiger partial charge on any atom is 0.408 e. The minimum Gasteiger partial charge on any atom is -0.465 e. The first-order chi connectivity index (χ1) is 18.2. The van der Waals surface area contributed by atoms with Gasteiger partial charge < -0.3 is 14.9 Å². The fraction of sp³-hybridized carbons (Fsp3) is 0.667. The molecule has 1 saturated carbocycles. The van der Waals surface area contributed by atoms with Crippen molar-refractivity contribution in [3.63, 3.8) is 0 Å². The van der Waals surface area contributed by atoms with Crippen LogP contribution in [0.25, 0.3) is 5.65 Å². The Balaban J connectivity index is 1.67. The van der Waals surface area contributed by atoms with Crippen LogP contribution in [0, 0.1) is 11.8 Å². The van der Waals surface area contributed by atoms with Crippen LogP contribution in [0.2, 0.25) is 0 Å². The molecule has 2 fully saturated rings. The van der Waals surface area contributed by atoms with E-state index >= 15 is 0 Å². The van der Waals surface area contributed by atoms with Gasteiger partial charge in [0.1, 0.15) is 12.4 Å². The summed E-state index contributed by atoms with van der Waals surface area (Å²) in [6.07, 6.45) is 4.22. The molecule has 2 aromatic rings. The Hall–Kier alpha value is -3.31. The number of aromatic nitrogens is 3. The van der Waals surface area contributed by atoms with Crippen molar-refractivity contribution in [3.05, 3.63) is 30.2 Å². The first-order valence-corrected chi connectivity index (χ1v) is 13.4. The molecular weight excluding hydrogens is 510 g/mol. The van der Waals surface area contributed by atoms with Crippen molar-refractivity contribution >= 4 is 23.6 Å². The molecule has 2 aromatic heterocycles. The van der Waals surface area contributed by atoms with E-state index < -0.39 is 48.4 Å². The van der Waals surface area contributed by atoms with E-state index in [1.165, 1.54) is 11.2 Å². The van der Waals surface area contributed by atoms with Gasteiger partial charge in [-0.3, -0.25) is 14.5 Å². The van der Waals surface area contributed by atoms with E-state index in [-0.39, 0.29) is 24.3 Å². The number of halogens is 2. The fourth-order valence-corrected chi connectivity index (χ4v) is 6.14. The molecule has 0 unspecified atom stereocenters. The number of fused-ring (bicyclic) bond motifs is 1. The van der Waals surface area contributed by atoms with Gasteiger partial charge in [0.2, 0.25) is 11.8 Å². The second-order valence-corrected chi connectivity index (χ2v) is 12.0. The number of alkyl halides is 2. The average Bonchev–Trinajstić information content (AvgIpc) is 3.47. The molecule has 10 nitrogen and oxygen atoms in total. The van der Waals surface area contributed by atoms with Gasteiger partial charge in [0.15, 0.2) is 5.65 Å². The largest absolute Gasteiger partial charge is 0.465 e. The zero-order valence-corrected chi connectivity index (χ0v) is 23.2. The number of carboxylic acid groups (broad SMARTS) is 1. The van der Waals surface area contributed by atoms with Gasteiger partial charge in [0.25, 0.3) is 5.92 Å². The van der Waals surface area contributed by atoms with Gasteiger partial charge in [0.05, 0.1) is 12.5 Å². The lowest BCUT2D eigenvalue weighted by atomic mass is 9.70. The number of carbonyl (C=O) groups is 3. The third kappa shape index (κ3) is 5.99. The molecule has 1 saturated heterocycles. The van der Waals surface area contributed by atoms with Crippen LogP contribution in [0.1, 0.15) is 64.4 Å². The van der Waals surface area contributed by atoms with Crippen LogP contribution < -0.4 is 0 Å². The summed E-state index contributed by atoms with van der Waals surface area (Å²) in [5, 5.41) is 14.5. The third-order valence-electron chi connectivity index (χ3n) is 8.06. The molecule has 3 amide bonds. The van der Waals surface area contributed by atoms with E-state index in [1.54, 1.807) is 39.4 Å². The molecule has 12 heteroatoms. The zero-order valence-electron chi connectivity index (χ0n) is 23.2. The van der Waals surface area contributed by atoms with E-state index in [4.69, 9.17) is 0 Å². The van der Waals surface area contributed by atoms with Gasteiger partial charge in [-0.15, -0.1) is 0 Å². The Kier molecular flexibility index (Phi) is 7.86. The maximum atomic E-state index is 14.1. The molecule has 3 heterocycles. The molecule has 0 aromatic carbocycles. The van der Waals surface area contributed by atoms with Crippen molar-refractivity contribution < 1.29 is 28.3 Å². The van der Waals surface area contributed by atoms with Crippen molar-refractivity contribution in [2.45, 2.75) is 76.3 Å². The second-order valence-electron chi connectivity index (χ2n) is 12.0. The number of amides is 3. The fourth-order valence-electron chi connectivity index (χ4n) is 6.14. The van der Waals surface area contributed by atoms with Crippen LogP contribution in [-0.2, 0) is 9.59 Å². The normalized spacial score (nSPS) is 22.9. The van der Waals surface area contributed by atoms with Crippen molar-refractivity contribution in [1.82, 2.24) is 29.3 Å². The Bertz CT molecular complexity index is 1220. The summed E-state index contributed by atoms with van der Waals surface area (Å²) >= 11 is 0. The molecule has 2 atom stereocenters. The standard InChI is InChI=1S/C27H38F2N6O4/c1-26(2,3)35(25(38)39)22(24(37)33-13-12-27(28,29)15-33)21(23(36)32(4)5)18-8-6-17(7-9-18)19-10-11-20-30-16-31-34(20)14-19/h10-11,14,16-18,21-22H,6-9,12-13,15H2,1-5H3,(H,38,39)/t17?,18?,21-,22-/m0/s1. The number of nitrogens with zero attached hydrogens (tertiary/aromatic N) is 6. The van der Waals surface area contributed by atoms with E-state index in [0.29, 0.717) is 12.8 Å². The molecule has 2 aliphatic rings. The van der Waals surface area contributed by atoms with Crippen LogP contribution in [-0.4, -0.2) is 97.0 Å². The molecule has 1 aliphatic heterocycles. The zero-order chi connectivity index (χ0) is 28.7. The maximum absolute atomic E-state index is 14.1. The Labute approximate surface area is 226 Å². The first kappa shape index (κ1) is 28.7. The highest BCUT2D eigenvalue weighted by atomic mass is 19.3. The Morgan fingerprint density at radius 3 is 2.33 bits per heavy atom. The van der Waals surface area contributed by atoms with Gasteiger partial charge in [-0.25, -0.2) is 23.1 Å². The summed E-state index contributed by atoms with van der Waals surface area (Å²) < 4.78 is 30.0. The number of likely N-dealkylation sites (tertiary alicyclic amines) is 1. The average molecular weight is 549 g/mol. The summed E-state index contributed by atoms with van der Waals surface area (Å²) in [5.74, 6) is -5.25. The van der Waals surface area contributed by atoms with Gasteiger partial charge >= 0.3 is 6.09 Å². The molecule has 4 rings (SSSR count). The van der Waals surface area contributed by atoms with Crippen molar-refractivity contribution in [3.8, 4) is 0 Å². The highest BCUT2D eigenvalue weighted by molar-refractivity contribution is 5.93. The summed E-state index contributed by atoms with van der Waals surface area (Å²) in [4.78, 5) is 47.8. The first-order valence-electron chi connectivity index (χ1n) is 13.4. The second kappa shape index (κ2) is 10.7. The number of pyridine rings is 1. The number of hydrogen-bond donors (Lipinski definition) is 1. The van der Waals surface area contributed by atoms with Gasteiger partial charge in [-0.2, -0.15) is 5.10 Å². The highest BCUT2D eigenvalue weighted by Gasteiger charge is 2.52. The van der Waals surface area contributed by atoms with Crippen LogP contribution >= 0.6 is 0 Å². The minimum atomic E-state index is -3.04. The van der Waals surface area contributed by atoms with Crippen LogP contribution in [0.15, 0.2) is 24.7 Å². The SMILES string of the molecule is CN(C)C(=O)[C@@H](C1CCC(c2ccc3ncnn3c2)CC1)[C@@H](C(=O)N1CCC(F)(F)C1)N(C(=O)O)C(C)(C)C. The number of carbonyl (C=O) groups excluding carboxylic acids is 2. The molecule has 1 N–H and O–H groups in total. The van der Waals surface area contributed by atoms with Gasteiger partial charge in [0, 0.05) is 38.8 Å². The molecule has 1 aliphatic carbocycles. The predicted octanol–water partition coefficient (Wildman–Crippen LogP) is 3.72. The van der Waals surface area contributed by atoms with Crippen molar-refractivity contribution in [1.29, 1.82) is 0 Å². The summed E-state index contributed by atoms with van der Waals surface area (Å²) in [6.45, 7) is 3.98. The predicted molar refractivity (Wildman–Crippen MR) is 139 cm³/mol. The van der Waals surface area contributed by atoms with Crippen LogP contribution in [0.4, 0.5) is 13.6 Å². The summed E-state index contributed by atoms with van der Waals surface area (Å²) in [7, 11) is 3.14. The lowest BCUT2D eigenvalue weighted by Crippen LogP contribution is -2.63. The molecule has 0 radical (unpaired) electrons. The highest BCUT2D eigenvalue weighted by Crippen LogP contribution is 2.42.